The number of hydrogen-bond acceptors (Lipinski definition) is 8. The van der Waals surface area contributed by atoms with E-state index in [9.17, 15) is 4.79 Å². The van der Waals surface area contributed by atoms with Gasteiger partial charge in [-0.25, -0.2) is 19.7 Å². The van der Waals surface area contributed by atoms with Crippen LogP contribution in [-0.2, 0) is 4.74 Å². The van der Waals surface area contributed by atoms with E-state index in [0.29, 0.717) is 28.3 Å². The van der Waals surface area contributed by atoms with Crippen LogP contribution in [0.15, 0.2) is 48.9 Å². The van der Waals surface area contributed by atoms with Gasteiger partial charge >= 0.3 is 5.97 Å². The first-order valence-electron chi connectivity index (χ1n) is 7.28. The van der Waals surface area contributed by atoms with Gasteiger partial charge in [0.1, 0.15) is 22.8 Å². The van der Waals surface area contributed by atoms with Crippen molar-refractivity contribution in [3.05, 3.63) is 53.8 Å². The largest absolute Gasteiger partial charge is 0.462 e. The highest BCUT2D eigenvalue weighted by molar-refractivity contribution is 7.17. The number of hydrogen-bond donors (Lipinski definition) is 2. The zero-order valence-electron chi connectivity index (χ0n) is 12.9. The van der Waals surface area contributed by atoms with Gasteiger partial charge < -0.3 is 15.4 Å². The van der Waals surface area contributed by atoms with Crippen molar-refractivity contribution in [1.29, 1.82) is 0 Å². The zero-order chi connectivity index (χ0) is 16.8. The summed E-state index contributed by atoms with van der Waals surface area (Å²) in [6, 6.07) is 11.5. The minimum absolute atomic E-state index is 0.333. The Morgan fingerprint density at radius 3 is 2.62 bits per heavy atom. The molecule has 0 atom stereocenters. The number of ether oxygens (including phenoxy) is 1. The average molecular weight is 341 g/mol. The van der Waals surface area contributed by atoms with Crippen molar-refractivity contribution in [3.8, 4) is 0 Å². The van der Waals surface area contributed by atoms with E-state index >= 15 is 0 Å². The fourth-order valence-electron chi connectivity index (χ4n) is 1.90. The van der Waals surface area contributed by atoms with Gasteiger partial charge in [0, 0.05) is 11.8 Å². The SMILES string of the molecule is CCOC(=O)c1cnc(Nc2cc(Nc3ccccc3)ncn2)s1. The van der Waals surface area contributed by atoms with Crippen LogP contribution in [0.3, 0.4) is 0 Å². The smallest absolute Gasteiger partial charge is 0.350 e. The van der Waals surface area contributed by atoms with E-state index in [2.05, 4.69) is 25.6 Å². The number of esters is 1. The lowest BCUT2D eigenvalue weighted by molar-refractivity contribution is 0.0532. The molecule has 0 aliphatic heterocycles. The molecule has 122 valence electrons. The number of para-hydroxylation sites is 1. The molecule has 1 aromatic carbocycles. The minimum Gasteiger partial charge on any atom is -0.462 e. The summed E-state index contributed by atoms with van der Waals surface area (Å²) in [6.45, 7) is 2.10. The van der Waals surface area contributed by atoms with Crippen molar-refractivity contribution < 1.29 is 9.53 Å². The van der Waals surface area contributed by atoms with Crippen molar-refractivity contribution in [1.82, 2.24) is 15.0 Å². The van der Waals surface area contributed by atoms with Crippen LogP contribution < -0.4 is 10.6 Å². The fourth-order valence-corrected chi connectivity index (χ4v) is 2.62. The lowest BCUT2D eigenvalue weighted by Gasteiger charge is -2.07. The van der Waals surface area contributed by atoms with Gasteiger partial charge in [-0.2, -0.15) is 0 Å². The molecule has 2 N–H and O–H groups in total. The molecular weight excluding hydrogens is 326 g/mol. The molecule has 0 unspecified atom stereocenters. The number of aromatic nitrogens is 3. The molecule has 7 nitrogen and oxygen atoms in total. The quantitative estimate of drug-likeness (QED) is 0.662. The van der Waals surface area contributed by atoms with Crippen molar-refractivity contribution in [2.24, 2.45) is 0 Å². The van der Waals surface area contributed by atoms with Crippen LogP contribution >= 0.6 is 11.3 Å². The Hall–Kier alpha value is -3.00. The Morgan fingerprint density at radius 1 is 1.12 bits per heavy atom. The first-order valence-corrected chi connectivity index (χ1v) is 8.10. The molecule has 0 bridgehead atoms. The van der Waals surface area contributed by atoms with Gasteiger partial charge in [-0.15, -0.1) is 0 Å². The average Bonchev–Trinajstić information content (AvgIpc) is 3.05. The van der Waals surface area contributed by atoms with Crippen LogP contribution in [0.5, 0.6) is 0 Å². The van der Waals surface area contributed by atoms with Gasteiger partial charge in [0.05, 0.1) is 12.8 Å². The van der Waals surface area contributed by atoms with Gasteiger partial charge in [-0.3, -0.25) is 0 Å². The highest BCUT2D eigenvalue weighted by Gasteiger charge is 2.12. The third-order valence-electron chi connectivity index (χ3n) is 2.93. The highest BCUT2D eigenvalue weighted by Crippen LogP contribution is 2.23. The minimum atomic E-state index is -0.378. The number of carbonyl (C=O) groups is 1. The molecule has 2 aromatic heterocycles. The topological polar surface area (TPSA) is 89.0 Å². The maximum absolute atomic E-state index is 11.7. The van der Waals surface area contributed by atoms with Gasteiger partial charge in [0.25, 0.3) is 0 Å². The Balaban J connectivity index is 1.70. The summed E-state index contributed by atoms with van der Waals surface area (Å²) < 4.78 is 4.95. The number of nitrogens with zero attached hydrogens (tertiary/aromatic N) is 3. The molecule has 2 heterocycles. The summed E-state index contributed by atoms with van der Waals surface area (Å²) in [5, 5.41) is 6.80. The monoisotopic (exact) mass is 341 g/mol. The molecule has 0 fully saturated rings. The number of thiazole rings is 1. The normalized spacial score (nSPS) is 10.2. The van der Waals surface area contributed by atoms with E-state index in [1.54, 1.807) is 13.0 Å². The molecule has 24 heavy (non-hydrogen) atoms. The number of anilines is 4. The molecule has 3 aromatic rings. The summed E-state index contributed by atoms with van der Waals surface area (Å²) in [4.78, 5) is 24.6. The van der Waals surface area contributed by atoms with Crippen LogP contribution in [0.1, 0.15) is 16.6 Å². The first-order chi connectivity index (χ1) is 11.7. The van der Waals surface area contributed by atoms with E-state index in [1.807, 2.05) is 30.3 Å². The first kappa shape index (κ1) is 15.9. The summed E-state index contributed by atoms with van der Waals surface area (Å²) in [5.74, 6) is 0.853. The van der Waals surface area contributed by atoms with E-state index in [0.717, 1.165) is 5.69 Å². The second kappa shape index (κ2) is 7.51. The van der Waals surface area contributed by atoms with Crippen molar-refractivity contribution in [2.45, 2.75) is 6.92 Å². The molecule has 0 saturated heterocycles. The third kappa shape index (κ3) is 4.05. The standard InChI is InChI=1S/C16H15N5O2S/c1-2-23-15(22)12-9-17-16(24-12)21-14-8-13(18-10-19-14)20-11-6-4-3-5-7-11/h3-10H,2H2,1H3,(H2,17,18,19,20,21). The number of rotatable bonds is 6. The predicted octanol–water partition coefficient (Wildman–Crippen LogP) is 3.60. The molecule has 0 spiro atoms. The van der Waals surface area contributed by atoms with Crippen LogP contribution in [0, 0.1) is 0 Å². The van der Waals surface area contributed by atoms with Gasteiger partial charge in [-0.05, 0) is 19.1 Å². The highest BCUT2D eigenvalue weighted by atomic mass is 32.1. The van der Waals surface area contributed by atoms with Crippen molar-refractivity contribution in [3.63, 3.8) is 0 Å². The van der Waals surface area contributed by atoms with Crippen molar-refractivity contribution in [2.75, 3.05) is 17.2 Å². The van der Waals surface area contributed by atoms with Crippen LogP contribution in [0.25, 0.3) is 0 Å². The maximum Gasteiger partial charge on any atom is 0.350 e. The van der Waals surface area contributed by atoms with E-state index in [4.69, 9.17) is 4.74 Å². The summed E-state index contributed by atoms with van der Waals surface area (Å²) in [6.07, 6.45) is 2.93. The Bertz CT molecular complexity index is 822. The van der Waals surface area contributed by atoms with E-state index in [-0.39, 0.29) is 5.97 Å². The molecule has 0 amide bonds. The summed E-state index contributed by atoms with van der Waals surface area (Å²) >= 11 is 1.21. The maximum atomic E-state index is 11.7. The van der Waals surface area contributed by atoms with Gasteiger partial charge in [0.2, 0.25) is 0 Å². The van der Waals surface area contributed by atoms with E-state index < -0.39 is 0 Å². The van der Waals surface area contributed by atoms with Gasteiger partial charge in [0.15, 0.2) is 5.13 Å². The molecule has 0 aliphatic carbocycles. The molecule has 0 radical (unpaired) electrons. The number of nitrogens with one attached hydrogen (secondary N) is 2. The molecule has 0 aliphatic rings. The zero-order valence-corrected chi connectivity index (χ0v) is 13.7. The Kier molecular flexibility index (Phi) is 4.97. The van der Waals surface area contributed by atoms with Crippen LogP contribution in [-0.4, -0.2) is 27.5 Å². The van der Waals surface area contributed by atoms with Crippen molar-refractivity contribution >= 4 is 39.8 Å². The molecular formula is C16H15N5O2S. The van der Waals surface area contributed by atoms with E-state index in [1.165, 1.54) is 23.9 Å². The Morgan fingerprint density at radius 2 is 1.88 bits per heavy atom. The summed E-state index contributed by atoms with van der Waals surface area (Å²) in [7, 11) is 0. The fraction of sp³-hybridized carbons (Fsp3) is 0.125. The number of benzene rings is 1. The second-order valence-electron chi connectivity index (χ2n) is 4.65. The van der Waals surface area contributed by atoms with Gasteiger partial charge in [-0.1, -0.05) is 29.5 Å². The second-order valence-corrected chi connectivity index (χ2v) is 5.69. The lowest BCUT2D eigenvalue weighted by atomic mass is 10.3. The van der Waals surface area contributed by atoms with Crippen LogP contribution in [0.4, 0.5) is 22.5 Å². The predicted molar refractivity (Wildman–Crippen MR) is 93.1 cm³/mol. The lowest BCUT2D eigenvalue weighted by Crippen LogP contribution is -2.01. The number of carbonyl (C=O) groups excluding carboxylic acids is 1. The third-order valence-corrected chi connectivity index (χ3v) is 3.82. The summed E-state index contributed by atoms with van der Waals surface area (Å²) in [5.41, 5.74) is 0.931. The van der Waals surface area contributed by atoms with Crippen LogP contribution in [0.2, 0.25) is 0 Å². The molecule has 0 saturated carbocycles. The Labute approximate surface area is 142 Å². The molecule has 8 heteroatoms. The molecule has 3 rings (SSSR count).